The highest BCUT2D eigenvalue weighted by molar-refractivity contribution is 14.0. The normalized spacial score (nSPS) is 11.0. The average molecular weight is 519 g/mol. The fourth-order valence-corrected chi connectivity index (χ4v) is 2.79. The molecule has 138 valence electrons. The molecule has 0 aliphatic carbocycles. The minimum Gasteiger partial charge on any atom is -0.489 e. The molecule has 0 aliphatic heterocycles. The van der Waals surface area contributed by atoms with E-state index in [-0.39, 0.29) is 24.0 Å². The van der Waals surface area contributed by atoms with E-state index in [1.807, 2.05) is 13.0 Å². The molecule has 0 atom stereocenters. The molecule has 0 radical (unpaired) electrons. The van der Waals surface area contributed by atoms with Gasteiger partial charge in [0.05, 0.1) is 28.8 Å². The van der Waals surface area contributed by atoms with Crippen LogP contribution in [0.5, 0.6) is 5.75 Å². The van der Waals surface area contributed by atoms with Crippen LogP contribution >= 0.6 is 58.8 Å². The molecule has 25 heavy (non-hydrogen) atoms. The zero-order valence-electron chi connectivity index (χ0n) is 13.5. The van der Waals surface area contributed by atoms with Crippen molar-refractivity contribution in [1.82, 2.24) is 20.8 Å². The third-order valence-electron chi connectivity index (χ3n) is 2.91. The Morgan fingerprint density at radius 2 is 1.96 bits per heavy atom. The summed E-state index contributed by atoms with van der Waals surface area (Å²) in [5.74, 6) is 1.10. The number of ether oxygens (including phenoxy) is 1. The van der Waals surface area contributed by atoms with E-state index in [2.05, 4.69) is 25.8 Å². The maximum absolute atomic E-state index is 6.07. The van der Waals surface area contributed by atoms with Gasteiger partial charge in [-0.15, -0.1) is 24.0 Å². The fourth-order valence-electron chi connectivity index (χ4n) is 1.87. The second kappa shape index (κ2) is 11.7. The molecule has 1 aromatic carbocycles. The molecule has 1 aromatic heterocycles. The molecule has 1 heterocycles. The first-order valence-corrected chi connectivity index (χ1v) is 8.51. The molecule has 0 bridgehead atoms. The Hall–Kier alpha value is -0.900. The van der Waals surface area contributed by atoms with Crippen molar-refractivity contribution in [2.75, 3.05) is 19.7 Å². The van der Waals surface area contributed by atoms with Crippen molar-refractivity contribution in [2.24, 2.45) is 4.99 Å². The summed E-state index contributed by atoms with van der Waals surface area (Å²) in [6.07, 6.45) is 1.69. The van der Waals surface area contributed by atoms with Crippen molar-refractivity contribution >= 4 is 64.7 Å². The predicted molar refractivity (Wildman–Crippen MR) is 114 cm³/mol. The largest absolute Gasteiger partial charge is 0.489 e. The zero-order valence-corrected chi connectivity index (χ0v) is 18.1. The number of hydrogen-bond acceptors (Lipinski definition) is 3. The molecule has 0 spiro atoms. The Labute approximate surface area is 178 Å². The molecule has 0 fully saturated rings. The number of H-pyrrole nitrogens is 1. The number of nitrogens with zero attached hydrogens (tertiary/aromatic N) is 2. The Balaban J connectivity index is 0.00000312. The van der Waals surface area contributed by atoms with Crippen LogP contribution in [0.3, 0.4) is 0 Å². The predicted octanol–water partition coefficient (Wildman–Crippen LogP) is 4.12. The molecule has 0 saturated heterocycles. The first-order valence-electron chi connectivity index (χ1n) is 7.38. The third kappa shape index (κ3) is 7.47. The van der Waals surface area contributed by atoms with E-state index in [4.69, 9.17) is 39.5 Å². The lowest BCUT2D eigenvalue weighted by molar-refractivity contribution is 0.322. The smallest absolute Gasteiger partial charge is 0.191 e. The summed E-state index contributed by atoms with van der Waals surface area (Å²) in [5.41, 5.74) is 0.934. The Morgan fingerprint density at radius 1 is 1.24 bits per heavy atom. The maximum atomic E-state index is 6.07. The number of rotatable bonds is 7. The van der Waals surface area contributed by atoms with Gasteiger partial charge in [-0.3, -0.25) is 5.10 Å². The standard InChI is InChI=1S/C15H18Cl3N5O.HI/c1-2-19-15(21-9-11-3-4-22-23-11)20-5-6-24-14-12(17)7-10(16)8-13(14)18;/h3-4,7-8H,2,5-6,9H2,1H3,(H,22,23)(H2,19,20,21);1H. The van der Waals surface area contributed by atoms with E-state index >= 15 is 0 Å². The Kier molecular flexibility index (Phi) is 10.3. The van der Waals surface area contributed by atoms with Crippen molar-refractivity contribution in [1.29, 1.82) is 0 Å². The van der Waals surface area contributed by atoms with E-state index in [0.717, 1.165) is 12.2 Å². The van der Waals surface area contributed by atoms with Gasteiger partial charge in [0.25, 0.3) is 0 Å². The summed E-state index contributed by atoms with van der Waals surface area (Å²) in [5, 5.41) is 14.3. The van der Waals surface area contributed by atoms with Gasteiger partial charge in [0.2, 0.25) is 0 Å². The van der Waals surface area contributed by atoms with Crippen molar-refractivity contribution in [3.8, 4) is 5.75 Å². The minimum atomic E-state index is 0. The summed E-state index contributed by atoms with van der Waals surface area (Å²) in [4.78, 5) is 4.45. The lowest BCUT2D eigenvalue weighted by Crippen LogP contribution is -2.39. The number of aliphatic imine (C=N–C) groups is 1. The SMILES string of the molecule is CCNC(=NCc1ccn[nH]1)NCCOc1c(Cl)cc(Cl)cc1Cl.I. The van der Waals surface area contributed by atoms with Gasteiger partial charge >= 0.3 is 0 Å². The van der Waals surface area contributed by atoms with Crippen LogP contribution in [0, 0.1) is 0 Å². The van der Waals surface area contributed by atoms with Gasteiger partial charge in [-0.05, 0) is 25.1 Å². The monoisotopic (exact) mass is 517 g/mol. The third-order valence-corrected chi connectivity index (χ3v) is 3.69. The van der Waals surface area contributed by atoms with Gasteiger partial charge in [0.15, 0.2) is 11.7 Å². The van der Waals surface area contributed by atoms with E-state index in [9.17, 15) is 0 Å². The average Bonchev–Trinajstić information content (AvgIpc) is 3.04. The highest BCUT2D eigenvalue weighted by Gasteiger charge is 2.09. The number of hydrogen-bond donors (Lipinski definition) is 3. The van der Waals surface area contributed by atoms with E-state index < -0.39 is 0 Å². The Bertz CT molecular complexity index is 659. The lowest BCUT2D eigenvalue weighted by atomic mass is 10.3. The molecule has 0 unspecified atom stereocenters. The summed E-state index contributed by atoms with van der Waals surface area (Å²) in [6, 6.07) is 5.06. The van der Waals surface area contributed by atoms with E-state index in [0.29, 0.717) is 46.5 Å². The lowest BCUT2D eigenvalue weighted by Gasteiger charge is -2.13. The number of halogens is 4. The number of nitrogens with one attached hydrogen (secondary N) is 3. The van der Waals surface area contributed by atoms with E-state index in [1.165, 1.54) is 0 Å². The quantitative estimate of drug-likeness (QED) is 0.223. The van der Waals surface area contributed by atoms with Crippen LogP contribution in [0.1, 0.15) is 12.6 Å². The van der Waals surface area contributed by atoms with Gasteiger partial charge in [-0.25, -0.2) is 4.99 Å². The fraction of sp³-hybridized carbons (Fsp3) is 0.333. The number of aromatic amines is 1. The summed E-state index contributed by atoms with van der Waals surface area (Å²) in [6.45, 7) is 4.16. The first kappa shape index (κ1) is 22.1. The van der Waals surface area contributed by atoms with E-state index in [1.54, 1.807) is 18.3 Å². The molecule has 3 N–H and O–H groups in total. The Morgan fingerprint density at radius 3 is 2.56 bits per heavy atom. The first-order chi connectivity index (χ1) is 11.6. The maximum Gasteiger partial charge on any atom is 0.191 e. The molecule has 0 saturated carbocycles. The molecule has 0 amide bonds. The molecule has 10 heteroatoms. The second-order valence-electron chi connectivity index (χ2n) is 4.75. The van der Waals surface area contributed by atoms with Crippen LogP contribution < -0.4 is 15.4 Å². The molecular weight excluding hydrogens is 499 g/mol. The van der Waals surface area contributed by atoms with Crippen LogP contribution in [0.15, 0.2) is 29.4 Å². The molecule has 2 aromatic rings. The van der Waals surface area contributed by atoms with Gasteiger partial charge in [-0.1, -0.05) is 34.8 Å². The zero-order chi connectivity index (χ0) is 17.4. The van der Waals surface area contributed by atoms with Crippen LogP contribution in [0.2, 0.25) is 15.1 Å². The molecular formula is C15H19Cl3IN5O. The highest BCUT2D eigenvalue weighted by atomic mass is 127. The van der Waals surface area contributed by atoms with Crippen molar-refractivity contribution < 1.29 is 4.74 Å². The summed E-state index contributed by atoms with van der Waals surface area (Å²) >= 11 is 18.0. The van der Waals surface area contributed by atoms with Crippen LogP contribution in [-0.2, 0) is 6.54 Å². The molecule has 2 rings (SSSR count). The van der Waals surface area contributed by atoms with Gasteiger partial charge in [0.1, 0.15) is 6.61 Å². The number of aromatic nitrogens is 2. The van der Waals surface area contributed by atoms with Gasteiger partial charge in [-0.2, -0.15) is 5.10 Å². The van der Waals surface area contributed by atoms with Crippen molar-refractivity contribution in [2.45, 2.75) is 13.5 Å². The topological polar surface area (TPSA) is 74.3 Å². The minimum absolute atomic E-state index is 0. The highest BCUT2D eigenvalue weighted by Crippen LogP contribution is 2.35. The summed E-state index contributed by atoms with van der Waals surface area (Å²) in [7, 11) is 0. The van der Waals surface area contributed by atoms with Crippen molar-refractivity contribution in [3.63, 3.8) is 0 Å². The van der Waals surface area contributed by atoms with Crippen LogP contribution in [0.25, 0.3) is 0 Å². The summed E-state index contributed by atoms with van der Waals surface area (Å²) < 4.78 is 5.62. The van der Waals surface area contributed by atoms with Crippen molar-refractivity contribution in [3.05, 3.63) is 45.2 Å². The second-order valence-corrected chi connectivity index (χ2v) is 6.00. The number of benzene rings is 1. The van der Waals surface area contributed by atoms with Crippen LogP contribution in [0.4, 0.5) is 0 Å². The van der Waals surface area contributed by atoms with Gasteiger partial charge in [0, 0.05) is 17.8 Å². The molecule has 0 aliphatic rings. The van der Waals surface area contributed by atoms with Crippen LogP contribution in [-0.4, -0.2) is 35.9 Å². The number of guanidine groups is 1. The van der Waals surface area contributed by atoms with Gasteiger partial charge < -0.3 is 15.4 Å². The molecule has 6 nitrogen and oxygen atoms in total.